The molecule has 1 atom stereocenters. The Hall–Kier alpha value is -1.75. The van der Waals surface area contributed by atoms with Gasteiger partial charge in [-0.2, -0.15) is 0 Å². The molecule has 18 heavy (non-hydrogen) atoms. The molecule has 1 N–H and O–H groups in total. The van der Waals surface area contributed by atoms with Crippen LogP contribution in [0.3, 0.4) is 0 Å². The second-order valence-electron chi connectivity index (χ2n) is 4.35. The van der Waals surface area contributed by atoms with Gasteiger partial charge in [-0.1, -0.05) is 6.92 Å². The van der Waals surface area contributed by atoms with E-state index in [-0.39, 0.29) is 6.79 Å². The standard InChI is InChI=1S/C13H16O5/c1-8(13(14)15)3-9-4-11-12(18-7-17-11)5-10(9)6-16-2/h4-5,8H,3,6-7H2,1-2H3,(H,14,15). The number of hydrogen-bond acceptors (Lipinski definition) is 4. The second kappa shape index (κ2) is 5.27. The molecule has 0 saturated carbocycles. The summed E-state index contributed by atoms with van der Waals surface area (Å²) in [5.41, 5.74) is 1.87. The number of methoxy groups -OCH3 is 1. The van der Waals surface area contributed by atoms with Crippen LogP contribution >= 0.6 is 0 Å². The zero-order valence-corrected chi connectivity index (χ0v) is 10.4. The number of rotatable bonds is 5. The lowest BCUT2D eigenvalue weighted by Crippen LogP contribution is -2.13. The van der Waals surface area contributed by atoms with E-state index < -0.39 is 11.9 Å². The van der Waals surface area contributed by atoms with Crippen molar-refractivity contribution in [3.63, 3.8) is 0 Å². The molecule has 1 heterocycles. The molecular weight excluding hydrogens is 236 g/mol. The van der Waals surface area contributed by atoms with E-state index >= 15 is 0 Å². The van der Waals surface area contributed by atoms with Crippen molar-refractivity contribution >= 4 is 5.97 Å². The average molecular weight is 252 g/mol. The van der Waals surface area contributed by atoms with Crippen LogP contribution in [0.2, 0.25) is 0 Å². The minimum Gasteiger partial charge on any atom is -0.481 e. The van der Waals surface area contributed by atoms with Gasteiger partial charge >= 0.3 is 5.97 Å². The largest absolute Gasteiger partial charge is 0.481 e. The monoisotopic (exact) mass is 252 g/mol. The Kier molecular flexibility index (Phi) is 3.72. The molecule has 0 saturated heterocycles. The van der Waals surface area contributed by atoms with Crippen molar-refractivity contribution in [1.29, 1.82) is 0 Å². The molecule has 0 aliphatic carbocycles. The van der Waals surface area contributed by atoms with E-state index in [1.54, 1.807) is 14.0 Å². The predicted molar refractivity (Wildman–Crippen MR) is 63.8 cm³/mol. The van der Waals surface area contributed by atoms with Crippen LogP contribution in [0.5, 0.6) is 11.5 Å². The molecular formula is C13H16O5. The van der Waals surface area contributed by atoms with Crippen molar-refractivity contribution < 1.29 is 24.1 Å². The van der Waals surface area contributed by atoms with Crippen molar-refractivity contribution in [1.82, 2.24) is 0 Å². The van der Waals surface area contributed by atoms with Gasteiger partial charge in [0.15, 0.2) is 11.5 Å². The smallest absolute Gasteiger partial charge is 0.306 e. The van der Waals surface area contributed by atoms with Gasteiger partial charge in [0.05, 0.1) is 12.5 Å². The molecule has 2 rings (SSSR count). The first-order valence-electron chi connectivity index (χ1n) is 5.75. The fourth-order valence-electron chi connectivity index (χ4n) is 1.92. The van der Waals surface area contributed by atoms with Crippen molar-refractivity contribution in [3.05, 3.63) is 23.3 Å². The van der Waals surface area contributed by atoms with Gasteiger partial charge in [0.2, 0.25) is 6.79 Å². The third-order valence-electron chi connectivity index (χ3n) is 2.94. The molecule has 98 valence electrons. The highest BCUT2D eigenvalue weighted by molar-refractivity contribution is 5.70. The zero-order chi connectivity index (χ0) is 13.1. The van der Waals surface area contributed by atoms with Crippen molar-refractivity contribution in [2.75, 3.05) is 13.9 Å². The highest BCUT2D eigenvalue weighted by atomic mass is 16.7. The molecule has 0 bridgehead atoms. The summed E-state index contributed by atoms with van der Waals surface area (Å²) in [6, 6.07) is 3.70. The third kappa shape index (κ3) is 2.56. The van der Waals surface area contributed by atoms with Crippen LogP contribution in [-0.2, 0) is 22.6 Å². The molecule has 1 aliphatic heterocycles. The average Bonchev–Trinajstić information content (AvgIpc) is 2.76. The van der Waals surface area contributed by atoms with Gasteiger partial charge in [-0.3, -0.25) is 4.79 Å². The summed E-state index contributed by atoms with van der Waals surface area (Å²) in [6.07, 6.45) is 0.449. The highest BCUT2D eigenvalue weighted by Gasteiger charge is 2.20. The maximum absolute atomic E-state index is 10.9. The van der Waals surface area contributed by atoms with Crippen LogP contribution in [0.1, 0.15) is 18.1 Å². The summed E-state index contributed by atoms with van der Waals surface area (Å²) in [6.45, 7) is 2.32. The number of ether oxygens (including phenoxy) is 3. The Bertz CT molecular complexity index is 455. The fraction of sp³-hybridized carbons (Fsp3) is 0.462. The molecule has 0 fully saturated rings. The molecule has 1 aromatic carbocycles. The van der Waals surface area contributed by atoms with Crippen LogP contribution in [0, 0.1) is 5.92 Å². The van der Waals surface area contributed by atoms with Crippen molar-refractivity contribution in [3.8, 4) is 11.5 Å². The van der Waals surface area contributed by atoms with E-state index in [9.17, 15) is 4.79 Å². The predicted octanol–water partition coefficient (Wildman–Crippen LogP) is 1.82. The first-order chi connectivity index (χ1) is 8.61. The number of fused-ring (bicyclic) bond motifs is 1. The topological polar surface area (TPSA) is 65.0 Å². The van der Waals surface area contributed by atoms with Gasteiger partial charge in [0, 0.05) is 7.11 Å². The maximum atomic E-state index is 10.9. The summed E-state index contributed by atoms with van der Waals surface area (Å²) >= 11 is 0. The Morgan fingerprint density at radius 2 is 2.00 bits per heavy atom. The summed E-state index contributed by atoms with van der Waals surface area (Å²) < 4.78 is 15.7. The summed E-state index contributed by atoms with van der Waals surface area (Å²) in [5.74, 6) is 0.105. The van der Waals surface area contributed by atoms with Gasteiger partial charge in [-0.05, 0) is 29.7 Å². The number of carbonyl (C=O) groups is 1. The number of hydrogen-bond donors (Lipinski definition) is 1. The molecule has 0 aromatic heterocycles. The lowest BCUT2D eigenvalue weighted by atomic mass is 9.96. The highest BCUT2D eigenvalue weighted by Crippen LogP contribution is 2.35. The molecule has 1 unspecified atom stereocenters. The van der Waals surface area contributed by atoms with Gasteiger partial charge in [-0.25, -0.2) is 0 Å². The van der Waals surface area contributed by atoms with E-state index in [1.807, 2.05) is 12.1 Å². The van der Waals surface area contributed by atoms with Gasteiger partial charge in [0.25, 0.3) is 0 Å². The molecule has 0 radical (unpaired) electrons. The first-order valence-corrected chi connectivity index (χ1v) is 5.75. The maximum Gasteiger partial charge on any atom is 0.306 e. The van der Waals surface area contributed by atoms with E-state index in [0.717, 1.165) is 11.1 Å². The van der Waals surface area contributed by atoms with Crippen LogP contribution in [0.25, 0.3) is 0 Å². The van der Waals surface area contributed by atoms with Crippen molar-refractivity contribution in [2.24, 2.45) is 5.92 Å². The van der Waals surface area contributed by atoms with Gasteiger partial charge in [-0.15, -0.1) is 0 Å². The zero-order valence-electron chi connectivity index (χ0n) is 10.4. The molecule has 0 amide bonds. The second-order valence-corrected chi connectivity index (χ2v) is 4.35. The molecule has 0 spiro atoms. The Labute approximate surface area is 105 Å². The normalized spacial score (nSPS) is 14.6. The number of carboxylic acid groups (broad SMARTS) is 1. The Morgan fingerprint density at radius 3 is 2.56 bits per heavy atom. The van der Waals surface area contributed by atoms with E-state index in [0.29, 0.717) is 24.5 Å². The lowest BCUT2D eigenvalue weighted by molar-refractivity contribution is -0.141. The SMILES string of the molecule is COCc1cc2c(cc1CC(C)C(=O)O)OCO2. The van der Waals surface area contributed by atoms with Crippen LogP contribution < -0.4 is 9.47 Å². The molecule has 1 aliphatic rings. The van der Waals surface area contributed by atoms with Crippen molar-refractivity contribution in [2.45, 2.75) is 20.0 Å². The number of carboxylic acids is 1. The van der Waals surface area contributed by atoms with Crippen LogP contribution in [-0.4, -0.2) is 25.0 Å². The van der Waals surface area contributed by atoms with E-state index in [1.165, 1.54) is 0 Å². The fourth-order valence-corrected chi connectivity index (χ4v) is 1.92. The van der Waals surface area contributed by atoms with Gasteiger partial charge in [0.1, 0.15) is 0 Å². The summed E-state index contributed by atoms with van der Waals surface area (Å²) in [7, 11) is 1.61. The van der Waals surface area contributed by atoms with E-state index in [4.69, 9.17) is 19.3 Å². The third-order valence-corrected chi connectivity index (χ3v) is 2.94. The molecule has 1 aromatic rings. The minimum absolute atomic E-state index is 0.208. The number of benzene rings is 1. The number of aliphatic carboxylic acids is 1. The van der Waals surface area contributed by atoms with Crippen LogP contribution in [0.15, 0.2) is 12.1 Å². The summed E-state index contributed by atoms with van der Waals surface area (Å²) in [5, 5.41) is 8.97. The lowest BCUT2D eigenvalue weighted by Gasteiger charge is -2.12. The Morgan fingerprint density at radius 1 is 1.39 bits per heavy atom. The van der Waals surface area contributed by atoms with Gasteiger partial charge < -0.3 is 19.3 Å². The Balaban J connectivity index is 2.29. The minimum atomic E-state index is -0.809. The molecule has 5 heteroatoms. The van der Waals surface area contributed by atoms with Crippen LogP contribution in [0.4, 0.5) is 0 Å². The first kappa shape index (κ1) is 12.7. The quantitative estimate of drug-likeness (QED) is 0.866. The molecule has 5 nitrogen and oxygen atoms in total. The summed E-state index contributed by atoms with van der Waals surface area (Å²) in [4.78, 5) is 10.9. The van der Waals surface area contributed by atoms with E-state index in [2.05, 4.69) is 0 Å².